The van der Waals surface area contributed by atoms with E-state index < -0.39 is 5.91 Å². The number of nitriles is 1. The second-order valence-electron chi connectivity index (χ2n) is 5.04. The van der Waals surface area contributed by atoms with Crippen molar-refractivity contribution in [2.24, 2.45) is 5.92 Å². The number of fused-ring (bicyclic) bond motifs is 1. The highest BCUT2D eigenvalue weighted by Crippen LogP contribution is 2.39. The lowest BCUT2D eigenvalue weighted by Crippen LogP contribution is -2.41. The maximum atomic E-state index is 8.81. The van der Waals surface area contributed by atoms with Gasteiger partial charge in [-0.2, -0.15) is 5.26 Å². The molecule has 2 aliphatic heterocycles. The largest absolute Gasteiger partial charge is 0.333 e. The lowest BCUT2D eigenvalue weighted by atomic mass is 10.1. The average Bonchev–Trinajstić information content (AvgIpc) is 2.65. The fourth-order valence-corrected chi connectivity index (χ4v) is 2.59. The Bertz CT molecular complexity index is 286. The van der Waals surface area contributed by atoms with Crippen molar-refractivity contribution in [1.82, 2.24) is 4.90 Å². The van der Waals surface area contributed by atoms with Crippen LogP contribution >= 0.6 is 0 Å². The highest BCUT2D eigenvalue weighted by Gasteiger charge is 2.52. The highest BCUT2D eigenvalue weighted by atomic mass is 16.7. The zero-order chi connectivity index (χ0) is 11.8. The summed E-state index contributed by atoms with van der Waals surface area (Å²) in [4.78, 5) is 2.27. The predicted molar refractivity (Wildman–Crippen MR) is 59.4 cm³/mol. The van der Waals surface area contributed by atoms with E-state index in [2.05, 4.69) is 24.8 Å². The number of hydrogen-bond donors (Lipinski definition) is 0. The molecular formula is C12H20N2O2. The van der Waals surface area contributed by atoms with Crippen LogP contribution in [0.15, 0.2) is 0 Å². The monoisotopic (exact) mass is 224 g/mol. The van der Waals surface area contributed by atoms with E-state index in [9.17, 15) is 0 Å². The van der Waals surface area contributed by atoms with Crippen molar-refractivity contribution in [1.29, 1.82) is 5.26 Å². The van der Waals surface area contributed by atoms with Crippen LogP contribution < -0.4 is 0 Å². The maximum Gasteiger partial charge on any atom is 0.230 e. The van der Waals surface area contributed by atoms with E-state index in [4.69, 9.17) is 14.7 Å². The van der Waals surface area contributed by atoms with Gasteiger partial charge in [0.1, 0.15) is 0 Å². The van der Waals surface area contributed by atoms with Crippen LogP contribution in [0.3, 0.4) is 0 Å². The van der Waals surface area contributed by atoms with Gasteiger partial charge >= 0.3 is 0 Å². The summed E-state index contributed by atoms with van der Waals surface area (Å²) in [6, 6.07) is 2.26. The molecule has 2 fully saturated rings. The fourth-order valence-electron chi connectivity index (χ4n) is 2.59. The summed E-state index contributed by atoms with van der Waals surface area (Å²) in [6.07, 6.45) is 2.07. The summed E-state index contributed by atoms with van der Waals surface area (Å²) in [7, 11) is 0. The van der Waals surface area contributed by atoms with Gasteiger partial charge in [-0.15, -0.1) is 0 Å². The Morgan fingerprint density at radius 2 is 1.94 bits per heavy atom. The van der Waals surface area contributed by atoms with Crippen molar-refractivity contribution in [3.63, 3.8) is 0 Å². The van der Waals surface area contributed by atoms with E-state index in [0.29, 0.717) is 0 Å². The molecule has 90 valence electrons. The number of rotatable bonds is 3. The Morgan fingerprint density at radius 1 is 1.38 bits per heavy atom. The van der Waals surface area contributed by atoms with Crippen molar-refractivity contribution in [3.05, 3.63) is 0 Å². The molecule has 0 aromatic heterocycles. The van der Waals surface area contributed by atoms with Gasteiger partial charge in [0.25, 0.3) is 0 Å². The summed E-state index contributed by atoms with van der Waals surface area (Å²) in [6.45, 7) is 7.96. The van der Waals surface area contributed by atoms with Gasteiger partial charge in [0.2, 0.25) is 5.91 Å². The molecule has 16 heavy (non-hydrogen) atoms. The molecule has 0 bridgehead atoms. The zero-order valence-electron chi connectivity index (χ0n) is 10.3. The molecule has 0 spiro atoms. The Labute approximate surface area is 97.1 Å². The van der Waals surface area contributed by atoms with Crippen LogP contribution in [-0.2, 0) is 9.47 Å². The summed E-state index contributed by atoms with van der Waals surface area (Å²) in [5.41, 5.74) is 0. The lowest BCUT2D eigenvalue weighted by molar-refractivity contribution is -0.258. The minimum atomic E-state index is -0.538. The smallest absolute Gasteiger partial charge is 0.230 e. The molecule has 2 saturated heterocycles. The van der Waals surface area contributed by atoms with Gasteiger partial charge in [-0.05, 0) is 27.2 Å². The predicted octanol–water partition coefficient (Wildman–Crippen LogP) is 1.72. The first-order valence-electron chi connectivity index (χ1n) is 6.06. The van der Waals surface area contributed by atoms with Crippen molar-refractivity contribution in [2.45, 2.75) is 51.7 Å². The molecule has 0 aliphatic carbocycles. The topological polar surface area (TPSA) is 45.5 Å². The van der Waals surface area contributed by atoms with Crippen LogP contribution in [0.5, 0.6) is 0 Å². The van der Waals surface area contributed by atoms with Gasteiger partial charge in [0.05, 0.1) is 18.3 Å². The standard InChI is InChI=1S/C12H20N2O2/c1-9(6-13)4-5-12-14(7-10(2)15-12)8-11(3)16-12/h9-11H,4-5,7-8H2,1-3H3. The molecular weight excluding hydrogens is 204 g/mol. The molecule has 0 radical (unpaired) electrons. The second kappa shape index (κ2) is 4.33. The lowest BCUT2D eigenvalue weighted by Gasteiger charge is -2.29. The van der Waals surface area contributed by atoms with E-state index in [1.807, 2.05) is 6.92 Å². The van der Waals surface area contributed by atoms with Crippen LogP contribution in [-0.4, -0.2) is 36.1 Å². The molecule has 3 atom stereocenters. The molecule has 2 heterocycles. The van der Waals surface area contributed by atoms with Crippen LogP contribution in [0.25, 0.3) is 0 Å². The summed E-state index contributed by atoms with van der Waals surface area (Å²) in [5.74, 6) is -0.473. The highest BCUT2D eigenvalue weighted by molar-refractivity contribution is 4.91. The summed E-state index contributed by atoms with van der Waals surface area (Å²) >= 11 is 0. The zero-order valence-corrected chi connectivity index (χ0v) is 10.3. The first-order chi connectivity index (χ1) is 7.55. The second-order valence-corrected chi connectivity index (χ2v) is 5.04. The van der Waals surface area contributed by atoms with Crippen LogP contribution in [0, 0.1) is 17.2 Å². The average molecular weight is 224 g/mol. The van der Waals surface area contributed by atoms with Crippen LogP contribution in [0.2, 0.25) is 0 Å². The van der Waals surface area contributed by atoms with E-state index >= 15 is 0 Å². The van der Waals surface area contributed by atoms with Crippen molar-refractivity contribution in [2.75, 3.05) is 13.1 Å². The van der Waals surface area contributed by atoms with Crippen LogP contribution in [0.4, 0.5) is 0 Å². The van der Waals surface area contributed by atoms with Gasteiger partial charge in [-0.25, -0.2) is 4.90 Å². The van der Waals surface area contributed by atoms with Gasteiger partial charge in [0.15, 0.2) is 0 Å². The van der Waals surface area contributed by atoms with E-state index in [1.165, 1.54) is 0 Å². The molecule has 2 rings (SSSR count). The van der Waals surface area contributed by atoms with E-state index in [-0.39, 0.29) is 18.1 Å². The Kier molecular flexibility index (Phi) is 3.20. The Hall–Kier alpha value is -0.630. The van der Waals surface area contributed by atoms with E-state index in [0.717, 1.165) is 25.9 Å². The molecule has 4 heteroatoms. The molecule has 2 aliphatic rings. The van der Waals surface area contributed by atoms with Crippen molar-refractivity contribution >= 4 is 0 Å². The molecule has 0 aromatic rings. The number of nitrogens with zero attached hydrogens (tertiary/aromatic N) is 2. The van der Waals surface area contributed by atoms with Gasteiger partial charge in [-0.3, -0.25) is 0 Å². The first-order valence-corrected chi connectivity index (χ1v) is 6.06. The minimum absolute atomic E-state index is 0.0650. The third-order valence-corrected chi connectivity index (χ3v) is 3.32. The molecule has 0 aromatic carbocycles. The summed E-state index contributed by atoms with van der Waals surface area (Å²) in [5, 5.41) is 8.81. The molecule has 3 unspecified atom stereocenters. The first kappa shape index (κ1) is 11.8. The number of ether oxygens (including phenoxy) is 2. The fraction of sp³-hybridized carbons (Fsp3) is 0.917. The van der Waals surface area contributed by atoms with Crippen molar-refractivity contribution < 1.29 is 9.47 Å². The molecule has 4 nitrogen and oxygen atoms in total. The minimum Gasteiger partial charge on any atom is -0.333 e. The van der Waals surface area contributed by atoms with Crippen LogP contribution in [0.1, 0.15) is 33.6 Å². The SMILES string of the molecule is CC(C#N)CCC12OC(C)CN1CC(C)O2. The van der Waals surface area contributed by atoms with E-state index in [1.54, 1.807) is 0 Å². The third-order valence-electron chi connectivity index (χ3n) is 3.32. The molecule has 0 N–H and O–H groups in total. The Morgan fingerprint density at radius 3 is 2.44 bits per heavy atom. The summed E-state index contributed by atoms with van der Waals surface area (Å²) < 4.78 is 11.9. The van der Waals surface area contributed by atoms with Gasteiger partial charge in [-0.1, -0.05) is 0 Å². The normalized spacial score (nSPS) is 40.6. The number of hydrogen-bond acceptors (Lipinski definition) is 4. The van der Waals surface area contributed by atoms with Gasteiger partial charge < -0.3 is 9.47 Å². The molecule has 0 saturated carbocycles. The van der Waals surface area contributed by atoms with Crippen molar-refractivity contribution in [3.8, 4) is 6.07 Å². The van der Waals surface area contributed by atoms with Gasteiger partial charge in [0, 0.05) is 25.4 Å². The third kappa shape index (κ3) is 2.08. The molecule has 0 amide bonds. The maximum absolute atomic E-state index is 8.81. The quantitative estimate of drug-likeness (QED) is 0.732. The Balaban J connectivity index is 2.01.